The Bertz CT molecular complexity index is 1340. The summed E-state index contributed by atoms with van der Waals surface area (Å²) in [6.45, 7) is 5.19. The maximum atomic E-state index is 13.2. The van der Waals surface area contributed by atoms with Gasteiger partial charge in [-0.05, 0) is 69.0 Å². The van der Waals surface area contributed by atoms with Crippen LogP contribution < -0.4 is 15.5 Å². The molecule has 1 atom stereocenters. The maximum absolute atomic E-state index is 13.2. The number of carbonyl (C=O) groups excluding carboxylic acids is 2. The summed E-state index contributed by atoms with van der Waals surface area (Å²) >= 11 is 0. The second-order valence-electron chi connectivity index (χ2n) is 10.4. The number of nitrogens with one attached hydrogen (secondary N) is 2. The van der Waals surface area contributed by atoms with E-state index in [2.05, 4.69) is 27.4 Å². The van der Waals surface area contributed by atoms with Crippen molar-refractivity contribution in [2.24, 2.45) is 0 Å². The lowest BCUT2D eigenvalue weighted by Gasteiger charge is -2.37. The molecule has 4 heterocycles. The number of nitrogens with zero attached hydrogens (tertiary/aromatic N) is 5. The van der Waals surface area contributed by atoms with E-state index in [0.29, 0.717) is 49.8 Å². The van der Waals surface area contributed by atoms with Crippen molar-refractivity contribution in [1.29, 1.82) is 0 Å². The first-order chi connectivity index (χ1) is 19.0. The van der Waals surface area contributed by atoms with Gasteiger partial charge in [0.05, 0.1) is 37.1 Å². The number of carbonyl (C=O) groups is 2. The third kappa shape index (κ3) is 5.42. The van der Waals surface area contributed by atoms with Crippen LogP contribution in [0.2, 0.25) is 0 Å². The number of benzene rings is 1. The standard InChI is InChI=1S/C29H33N7O3/c1-19-18-39-15-14-36(19)27-24-11-13-35(28(37)21-4-3-12-30-16-21)17-25(24)33-26(34-27)20-7-9-23(10-8-20)32-29(38)31-22-5-2-6-22/h3-4,7-10,12,16,19,22H,2,5-6,11,13-15,17-18H2,1H3,(H2,31,32,38). The molecule has 2 fully saturated rings. The van der Waals surface area contributed by atoms with Gasteiger partial charge in [0, 0.05) is 48.3 Å². The number of morpholine rings is 1. The molecule has 39 heavy (non-hydrogen) atoms. The molecule has 1 aromatic carbocycles. The quantitative estimate of drug-likeness (QED) is 0.521. The van der Waals surface area contributed by atoms with Gasteiger partial charge in [-0.1, -0.05) is 0 Å². The summed E-state index contributed by atoms with van der Waals surface area (Å²) in [4.78, 5) is 43.7. The number of pyridine rings is 1. The van der Waals surface area contributed by atoms with Crippen LogP contribution in [-0.2, 0) is 17.7 Å². The molecular formula is C29H33N7O3. The molecule has 1 unspecified atom stereocenters. The van der Waals surface area contributed by atoms with Crippen molar-refractivity contribution < 1.29 is 14.3 Å². The first-order valence-corrected chi connectivity index (χ1v) is 13.7. The van der Waals surface area contributed by atoms with Crippen molar-refractivity contribution >= 4 is 23.4 Å². The molecule has 10 heteroatoms. The molecule has 3 aliphatic rings. The summed E-state index contributed by atoms with van der Waals surface area (Å²) in [6.07, 6.45) is 7.20. The van der Waals surface area contributed by atoms with E-state index in [1.807, 2.05) is 29.2 Å². The fourth-order valence-corrected chi connectivity index (χ4v) is 5.27. The number of amides is 3. The minimum Gasteiger partial charge on any atom is -0.377 e. The number of aromatic nitrogens is 3. The van der Waals surface area contributed by atoms with E-state index in [4.69, 9.17) is 14.7 Å². The predicted molar refractivity (Wildman–Crippen MR) is 148 cm³/mol. The van der Waals surface area contributed by atoms with E-state index in [9.17, 15) is 9.59 Å². The van der Waals surface area contributed by atoms with Crippen LogP contribution >= 0.6 is 0 Å². The first-order valence-electron chi connectivity index (χ1n) is 13.7. The van der Waals surface area contributed by atoms with Crippen molar-refractivity contribution in [3.8, 4) is 11.4 Å². The van der Waals surface area contributed by atoms with Gasteiger partial charge in [0.2, 0.25) is 0 Å². The van der Waals surface area contributed by atoms with Crippen LogP contribution in [0.25, 0.3) is 11.4 Å². The molecule has 2 N–H and O–H groups in total. The fourth-order valence-electron chi connectivity index (χ4n) is 5.27. The third-order valence-corrected chi connectivity index (χ3v) is 7.72. The fraction of sp³-hybridized carbons (Fsp3) is 0.414. The van der Waals surface area contributed by atoms with E-state index >= 15 is 0 Å². The van der Waals surface area contributed by atoms with Gasteiger partial charge < -0.3 is 25.2 Å². The van der Waals surface area contributed by atoms with E-state index in [-0.39, 0.29) is 24.0 Å². The molecule has 202 valence electrons. The Hall–Kier alpha value is -4.05. The molecule has 1 saturated heterocycles. The third-order valence-electron chi connectivity index (χ3n) is 7.72. The van der Waals surface area contributed by atoms with Crippen molar-refractivity contribution in [1.82, 2.24) is 25.2 Å². The lowest BCUT2D eigenvalue weighted by Crippen LogP contribution is -2.45. The van der Waals surface area contributed by atoms with Gasteiger partial charge in [0.1, 0.15) is 5.82 Å². The normalized spacial score (nSPS) is 19.2. The summed E-state index contributed by atoms with van der Waals surface area (Å²) in [6, 6.07) is 11.4. The Morgan fingerprint density at radius 1 is 1.08 bits per heavy atom. The Morgan fingerprint density at radius 2 is 1.92 bits per heavy atom. The van der Waals surface area contributed by atoms with Crippen molar-refractivity contribution in [3.63, 3.8) is 0 Å². The highest BCUT2D eigenvalue weighted by atomic mass is 16.5. The summed E-state index contributed by atoms with van der Waals surface area (Å²) in [5.74, 6) is 1.47. The predicted octanol–water partition coefficient (Wildman–Crippen LogP) is 3.64. The summed E-state index contributed by atoms with van der Waals surface area (Å²) < 4.78 is 5.69. The van der Waals surface area contributed by atoms with Gasteiger partial charge in [0.25, 0.3) is 5.91 Å². The number of anilines is 2. The van der Waals surface area contributed by atoms with Crippen LogP contribution in [0.3, 0.4) is 0 Å². The average molecular weight is 528 g/mol. The molecule has 3 aromatic rings. The Morgan fingerprint density at radius 3 is 2.64 bits per heavy atom. The molecule has 1 saturated carbocycles. The molecule has 10 nitrogen and oxygen atoms in total. The zero-order chi connectivity index (χ0) is 26.8. The molecule has 6 rings (SSSR count). The second-order valence-corrected chi connectivity index (χ2v) is 10.4. The first kappa shape index (κ1) is 25.2. The van der Waals surface area contributed by atoms with Gasteiger partial charge in [-0.3, -0.25) is 9.78 Å². The molecule has 2 aliphatic heterocycles. The topological polar surface area (TPSA) is 113 Å². The molecule has 0 radical (unpaired) electrons. The van der Waals surface area contributed by atoms with Crippen molar-refractivity contribution in [2.45, 2.75) is 51.2 Å². The van der Waals surface area contributed by atoms with Gasteiger partial charge in [0.15, 0.2) is 5.82 Å². The minimum absolute atomic E-state index is 0.0502. The van der Waals surface area contributed by atoms with Crippen molar-refractivity contribution in [3.05, 3.63) is 65.6 Å². The molecular weight excluding hydrogens is 494 g/mol. The van der Waals surface area contributed by atoms with Crippen LogP contribution in [0.5, 0.6) is 0 Å². The van der Waals surface area contributed by atoms with Gasteiger partial charge >= 0.3 is 6.03 Å². The number of fused-ring (bicyclic) bond motifs is 1. The van der Waals surface area contributed by atoms with Crippen LogP contribution in [0, 0.1) is 0 Å². The van der Waals surface area contributed by atoms with E-state index in [1.165, 1.54) is 6.42 Å². The second kappa shape index (κ2) is 11.0. The van der Waals surface area contributed by atoms with Gasteiger partial charge in [-0.2, -0.15) is 0 Å². The molecule has 1 aliphatic carbocycles. The largest absolute Gasteiger partial charge is 0.377 e. The van der Waals surface area contributed by atoms with Crippen molar-refractivity contribution in [2.75, 3.05) is 36.5 Å². The number of urea groups is 1. The zero-order valence-corrected chi connectivity index (χ0v) is 22.1. The number of ether oxygens (including phenoxy) is 1. The highest BCUT2D eigenvalue weighted by Crippen LogP contribution is 2.32. The lowest BCUT2D eigenvalue weighted by molar-refractivity contribution is 0.0731. The van der Waals surface area contributed by atoms with Gasteiger partial charge in [-0.25, -0.2) is 14.8 Å². The molecule has 0 bridgehead atoms. The summed E-state index contributed by atoms with van der Waals surface area (Å²) in [5.41, 5.74) is 4.08. The number of hydrogen-bond donors (Lipinski definition) is 2. The lowest BCUT2D eigenvalue weighted by atomic mass is 9.93. The van der Waals surface area contributed by atoms with Crippen LogP contribution in [0.1, 0.15) is 47.8 Å². The Kier molecular flexibility index (Phi) is 7.10. The zero-order valence-electron chi connectivity index (χ0n) is 22.1. The average Bonchev–Trinajstić information content (AvgIpc) is 2.95. The van der Waals surface area contributed by atoms with Gasteiger partial charge in [-0.15, -0.1) is 0 Å². The monoisotopic (exact) mass is 527 g/mol. The SMILES string of the molecule is CC1COCCN1c1nc(-c2ccc(NC(=O)NC3CCC3)cc2)nc2c1CCN(C(=O)c1cccnc1)C2. The van der Waals surface area contributed by atoms with Crippen LogP contribution in [-0.4, -0.2) is 70.2 Å². The maximum Gasteiger partial charge on any atom is 0.319 e. The highest BCUT2D eigenvalue weighted by Gasteiger charge is 2.30. The molecule has 0 spiro atoms. The van der Waals surface area contributed by atoms with Crippen LogP contribution in [0.4, 0.5) is 16.3 Å². The minimum atomic E-state index is -0.181. The van der Waals surface area contributed by atoms with E-state index in [1.54, 1.807) is 24.5 Å². The summed E-state index contributed by atoms with van der Waals surface area (Å²) in [7, 11) is 0. The molecule has 2 aromatic heterocycles. The highest BCUT2D eigenvalue weighted by molar-refractivity contribution is 5.94. The smallest absolute Gasteiger partial charge is 0.319 e. The summed E-state index contributed by atoms with van der Waals surface area (Å²) in [5, 5.41) is 5.90. The van der Waals surface area contributed by atoms with E-state index in [0.717, 1.165) is 42.0 Å². The van der Waals surface area contributed by atoms with Crippen LogP contribution in [0.15, 0.2) is 48.8 Å². The Balaban J connectivity index is 1.28. The Labute approximate surface area is 227 Å². The number of hydrogen-bond acceptors (Lipinski definition) is 7. The molecule has 3 amide bonds. The van der Waals surface area contributed by atoms with E-state index < -0.39 is 0 Å². The number of rotatable bonds is 5.